The van der Waals surface area contributed by atoms with E-state index in [-0.39, 0.29) is 12.5 Å². The van der Waals surface area contributed by atoms with E-state index >= 15 is 0 Å². The van der Waals surface area contributed by atoms with Crippen LogP contribution in [0.1, 0.15) is 284 Å². The van der Waals surface area contributed by atoms with Gasteiger partial charge in [-0.1, -0.05) is 267 Å². The number of nitrogens with one attached hydrogen (secondary N) is 1. The van der Waals surface area contributed by atoms with E-state index in [1.165, 1.54) is 199 Å². The minimum Gasteiger partial charge on any atom is -0.756 e. The van der Waals surface area contributed by atoms with Gasteiger partial charge in [0, 0.05) is 6.42 Å². The average molecular weight is 1030 g/mol. The van der Waals surface area contributed by atoms with E-state index in [2.05, 4.69) is 67.8 Å². The lowest BCUT2D eigenvalue weighted by molar-refractivity contribution is -0.870. The molecule has 0 bridgehead atoms. The molecule has 0 radical (unpaired) electrons. The predicted octanol–water partition coefficient (Wildman–Crippen LogP) is 18.2. The van der Waals surface area contributed by atoms with Gasteiger partial charge in [-0.25, -0.2) is 0 Å². The van der Waals surface area contributed by atoms with Crippen LogP contribution in [0.4, 0.5) is 0 Å². The molecule has 0 fully saturated rings. The number of aliphatic hydroxyl groups excluding tert-OH is 1. The van der Waals surface area contributed by atoms with Crippen LogP contribution in [0.2, 0.25) is 0 Å². The molecule has 3 unspecified atom stereocenters. The van der Waals surface area contributed by atoms with Gasteiger partial charge < -0.3 is 28.8 Å². The first-order valence-electron chi connectivity index (χ1n) is 30.7. The smallest absolute Gasteiger partial charge is 0.268 e. The lowest BCUT2D eigenvalue weighted by Gasteiger charge is -2.29. The number of allylic oxidation sites excluding steroid dienone is 9. The molecule has 0 saturated heterocycles. The molecule has 0 heterocycles. The van der Waals surface area contributed by atoms with Crippen LogP contribution in [0, 0.1) is 0 Å². The number of aliphatic hydroxyl groups is 1. The van der Waals surface area contributed by atoms with Crippen LogP contribution in [0.5, 0.6) is 0 Å². The lowest BCUT2D eigenvalue weighted by atomic mass is 10.0. The number of carbonyl (C=O) groups excluding carboxylic acids is 1. The zero-order valence-electron chi connectivity index (χ0n) is 48.1. The topological polar surface area (TPSA) is 108 Å². The molecule has 0 aliphatic rings. The predicted molar refractivity (Wildman–Crippen MR) is 311 cm³/mol. The Morgan fingerprint density at radius 2 is 0.819 bits per heavy atom. The number of unbranched alkanes of at least 4 members (excludes halogenated alkanes) is 35. The molecule has 0 aliphatic heterocycles. The van der Waals surface area contributed by atoms with Crippen LogP contribution >= 0.6 is 7.82 Å². The van der Waals surface area contributed by atoms with Crippen LogP contribution < -0.4 is 10.2 Å². The van der Waals surface area contributed by atoms with Crippen molar-refractivity contribution in [3.8, 4) is 0 Å². The summed E-state index contributed by atoms with van der Waals surface area (Å²) in [5.74, 6) is -0.218. The van der Waals surface area contributed by atoms with Gasteiger partial charge in [0.15, 0.2) is 0 Å². The number of rotatable bonds is 56. The number of nitrogens with zero attached hydrogens (tertiary/aromatic N) is 1. The summed E-state index contributed by atoms with van der Waals surface area (Å²) in [4.78, 5) is 25.5. The highest BCUT2D eigenvalue weighted by molar-refractivity contribution is 7.45. The highest BCUT2D eigenvalue weighted by atomic mass is 31.2. The van der Waals surface area contributed by atoms with Gasteiger partial charge in [0.25, 0.3) is 7.82 Å². The second-order valence-corrected chi connectivity index (χ2v) is 23.5. The maximum Gasteiger partial charge on any atom is 0.268 e. The fourth-order valence-corrected chi connectivity index (χ4v) is 9.61. The summed E-state index contributed by atoms with van der Waals surface area (Å²) in [5, 5.41) is 13.9. The summed E-state index contributed by atoms with van der Waals surface area (Å²) >= 11 is 0. The zero-order valence-corrected chi connectivity index (χ0v) is 49.0. The van der Waals surface area contributed by atoms with E-state index in [1.807, 2.05) is 27.2 Å². The molecule has 422 valence electrons. The Morgan fingerprint density at radius 3 is 1.22 bits per heavy atom. The maximum atomic E-state index is 13.0. The normalized spacial score (nSPS) is 14.3. The number of hydrogen-bond acceptors (Lipinski definition) is 6. The summed E-state index contributed by atoms with van der Waals surface area (Å²) in [6.07, 6.45) is 73.2. The monoisotopic (exact) mass is 1030 g/mol. The molecule has 0 saturated carbocycles. The Balaban J connectivity index is 4.22. The van der Waals surface area contributed by atoms with Crippen molar-refractivity contribution >= 4 is 13.7 Å². The first kappa shape index (κ1) is 70.2. The van der Waals surface area contributed by atoms with Gasteiger partial charge in [-0.05, 0) is 70.6 Å². The molecule has 8 nitrogen and oxygen atoms in total. The minimum absolute atomic E-state index is 0.0110. The third-order valence-corrected chi connectivity index (χ3v) is 14.7. The number of quaternary nitrogens is 1. The van der Waals surface area contributed by atoms with Crippen molar-refractivity contribution in [3.05, 3.63) is 60.8 Å². The van der Waals surface area contributed by atoms with Crippen molar-refractivity contribution in [3.63, 3.8) is 0 Å². The van der Waals surface area contributed by atoms with Gasteiger partial charge in [0.2, 0.25) is 5.91 Å². The van der Waals surface area contributed by atoms with E-state index in [9.17, 15) is 19.4 Å². The molecule has 9 heteroatoms. The molecule has 0 aromatic rings. The largest absolute Gasteiger partial charge is 0.756 e. The van der Waals surface area contributed by atoms with Crippen LogP contribution in [0.15, 0.2) is 60.8 Å². The standard InChI is InChI=1S/C63H119N2O6P/c1-6-8-10-12-14-16-18-20-22-24-26-28-29-30-31-32-33-34-35-37-38-40-42-44-46-48-50-52-54-56-62(66)61(60-71-72(68,69)70-59-58-65(3,4)5)64-63(67)57-55-53-51-49-47-45-43-41-39-36-27-25-23-21-19-17-15-13-11-9-7-2/h19,21,25,27,39,41,46,48,54,56,61-62,66H,6-18,20,22-24,26,28-38,40,42-45,47,49-53,55,57-60H2,1-5H3,(H-,64,67,68,69)/b21-19-,27-25-,41-39-,48-46+,56-54+. The van der Waals surface area contributed by atoms with Crippen molar-refractivity contribution in [1.82, 2.24) is 5.32 Å². The number of phosphoric acid groups is 1. The maximum absolute atomic E-state index is 13.0. The Hall–Kier alpha value is -1.80. The van der Waals surface area contributed by atoms with Gasteiger partial charge in [-0.3, -0.25) is 9.36 Å². The van der Waals surface area contributed by atoms with Crippen LogP contribution in [0.25, 0.3) is 0 Å². The number of amides is 1. The lowest BCUT2D eigenvalue weighted by Crippen LogP contribution is -2.45. The summed E-state index contributed by atoms with van der Waals surface area (Å²) in [6, 6.07) is -0.914. The molecule has 0 rings (SSSR count). The SMILES string of the molecule is CCCCCCC/C=C\C/C=C\C/C=C\CCCCCCCCC(=O)NC(COP(=O)([O-])OCC[N+](C)(C)C)C(O)/C=C/CC/C=C/CCCCCCCCCCCCCCCCCCCCCCCCC. The fraction of sp³-hybridized carbons (Fsp3) is 0.825. The van der Waals surface area contributed by atoms with E-state index in [0.717, 1.165) is 64.2 Å². The molecule has 0 aromatic carbocycles. The van der Waals surface area contributed by atoms with Crippen molar-refractivity contribution in [1.29, 1.82) is 0 Å². The molecule has 3 atom stereocenters. The van der Waals surface area contributed by atoms with E-state index < -0.39 is 26.6 Å². The second-order valence-electron chi connectivity index (χ2n) is 22.0. The molecule has 1 amide bonds. The highest BCUT2D eigenvalue weighted by Crippen LogP contribution is 2.38. The first-order valence-corrected chi connectivity index (χ1v) is 32.1. The van der Waals surface area contributed by atoms with Gasteiger partial charge in [0.1, 0.15) is 13.2 Å². The number of carbonyl (C=O) groups is 1. The van der Waals surface area contributed by atoms with Crippen LogP contribution in [-0.2, 0) is 18.4 Å². The summed E-state index contributed by atoms with van der Waals surface area (Å²) in [5.41, 5.74) is 0. The first-order chi connectivity index (χ1) is 35.0. The van der Waals surface area contributed by atoms with Gasteiger partial charge in [0.05, 0.1) is 39.9 Å². The summed E-state index contributed by atoms with van der Waals surface area (Å²) in [6.45, 7) is 4.63. The second kappa shape index (κ2) is 54.0. The van der Waals surface area contributed by atoms with Crippen molar-refractivity contribution in [2.75, 3.05) is 40.9 Å². The Labute approximate surface area is 447 Å². The highest BCUT2D eigenvalue weighted by Gasteiger charge is 2.23. The van der Waals surface area contributed by atoms with Crippen LogP contribution in [0.3, 0.4) is 0 Å². The Kier molecular flexibility index (Phi) is 52.7. The quantitative estimate of drug-likeness (QED) is 0.0272. The van der Waals surface area contributed by atoms with Crippen molar-refractivity contribution < 1.29 is 32.9 Å². The van der Waals surface area contributed by atoms with Crippen LogP contribution in [-0.4, -0.2) is 68.5 Å². The molecular weight excluding hydrogens is 912 g/mol. The zero-order chi connectivity index (χ0) is 52.7. The third kappa shape index (κ3) is 55.9. The van der Waals surface area contributed by atoms with Gasteiger partial charge >= 0.3 is 0 Å². The number of phosphoric ester groups is 1. The number of likely N-dealkylation sites (N-methyl/N-ethyl adjacent to an activating group) is 1. The molecule has 0 spiro atoms. The fourth-order valence-electron chi connectivity index (χ4n) is 8.88. The molecule has 2 N–H and O–H groups in total. The van der Waals surface area contributed by atoms with E-state index in [4.69, 9.17) is 9.05 Å². The summed E-state index contributed by atoms with van der Waals surface area (Å²) < 4.78 is 23.4. The third-order valence-electron chi connectivity index (χ3n) is 13.7. The number of hydrogen-bond donors (Lipinski definition) is 2. The average Bonchev–Trinajstić information content (AvgIpc) is 3.34. The van der Waals surface area contributed by atoms with Crippen molar-refractivity contribution in [2.45, 2.75) is 296 Å². The van der Waals surface area contributed by atoms with E-state index in [1.54, 1.807) is 6.08 Å². The Bertz CT molecular complexity index is 1360. The summed E-state index contributed by atoms with van der Waals surface area (Å²) in [7, 11) is 1.23. The Morgan fingerprint density at radius 1 is 0.486 bits per heavy atom. The molecular formula is C63H119N2O6P. The van der Waals surface area contributed by atoms with Crippen molar-refractivity contribution in [2.24, 2.45) is 0 Å². The van der Waals surface area contributed by atoms with E-state index in [0.29, 0.717) is 17.4 Å². The minimum atomic E-state index is -4.61. The van der Waals surface area contributed by atoms with Gasteiger partial charge in [-0.15, -0.1) is 0 Å². The van der Waals surface area contributed by atoms with Gasteiger partial charge in [-0.2, -0.15) is 0 Å². The molecule has 0 aromatic heterocycles. The molecule has 0 aliphatic carbocycles. The molecule has 72 heavy (non-hydrogen) atoms.